The first kappa shape index (κ1) is 15.0. The monoisotopic (exact) mass is 336 g/mol. The Kier molecular flexibility index (Phi) is 3.35. The van der Waals surface area contributed by atoms with Gasteiger partial charge < -0.3 is 9.64 Å². The summed E-state index contributed by atoms with van der Waals surface area (Å²) in [5.41, 5.74) is 2.81. The van der Waals surface area contributed by atoms with Gasteiger partial charge in [-0.3, -0.25) is 9.78 Å². The second kappa shape index (κ2) is 5.59. The maximum absolute atomic E-state index is 12.5. The lowest BCUT2D eigenvalue weighted by Crippen LogP contribution is -2.42. The molecule has 6 nitrogen and oxygen atoms in total. The molecule has 25 heavy (non-hydrogen) atoms. The van der Waals surface area contributed by atoms with Crippen LogP contribution in [0.5, 0.6) is 0 Å². The molecule has 2 aliphatic heterocycles. The number of fused-ring (bicyclic) bond motifs is 2. The third kappa shape index (κ3) is 2.52. The van der Waals surface area contributed by atoms with E-state index in [2.05, 4.69) is 9.97 Å². The van der Waals surface area contributed by atoms with Gasteiger partial charge in [0.1, 0.15) is 0 Å². The number of likely N-dealkylation sites (tertiary alicyclic amines) is 1. The van der Waals surface area contributed by atoms with Crippen molar-refractivity contribution in [2.24, 2.45) is 5.92 Å². The quantitative estimate of drug-likeness (QED) is 0.838. The maximum atomic E-state index is 12.5. The number of hydrogen-bond donors (Lipinski definition) is 0. The Balaban J connectivity index is 1.51. The van der Waals surface area contributed by atoms with E-state index in [0.717, 1.165) is 42.6 Å². The molecule has 128 valence electrons. The molecule has 1 saturated carbocycles. The standard InChI is InChI=1S/C19H20N4O2/c24-18(13-3-4-13)23-7-5-19(11-23)12-25-10-15-9-21-17(22-16(15)19)14-2-1-6-20-8-14/h1-2,6,8-9,13H,3-5,7,10-12H2/t19-/m1/s1. The van der Waals surface area contributed by atoms with E-state index in [1.165, 1.54) is 0 Å². The minimum absolute atomic E-state index is 0.196. The molecule has 2 fully saturated rings. The van der Waals surface area contributed by atoms with Gasteiger partial charge in [0.15, 0.2) is 5.82 Å². The molecule has 0 unspecified atom stereocenters. The van der Waals surface area contributed by atoms with Gasteiger partial charge in [-0.05, 0) is 31.4 Å². The number of ether oxygens (including phenoxy) is 1. The van der Waals surface area contributed by atoms with E-state index in [1.54, 1.807) is 12.4 Å². The summed E-state index contributed by atoms with van der Waals surface area (Å²) < 4.78 is 5.85. The van der Waals surface area contributed by atoms with Gasteiger partial charge >= 0.3 is 0 Å². The van der Waals surface area contributed by atoms with E-state index in [0.29, 0.717) is 31.5 Å². The van der Waals surface area contributed by atoms with E-state index in [9.17, 15) is 4.79 Å². The molecule has 2 aromatic rings. The van der Waals surface area contributed by atoms with Gasteiger partial charge in [0, 0.05) is 48.7 Å². The van der Waals surface area contributed by atoms with Crippen LogP contribution in [0.2, 0.25) is 0 Å². The Morgan fingerprint density at radius 2 is 2.24 bits per heavy atom. The minimum Gasteiger partial charge on any atom is -0.376 e. The molecule has 0 bridgehead atoms. The molecule has 1 aliphatic carbocycles. The van der Waals surface area contributed by atoms with Crippen LogP contribution in [0, 0.1) is 5.92 Å². The van der Waals surface area contributed by atoms with Crippen molar-refractivity contribution in [3.05, 3.63) is 42.0 Å². The van der Waals surface area contributed by atoms with E-state index in [-0.39, 0.29) is 11.3 Å². The summed E-state index contributed by atoms with van der Waals surface area (Å²) in [6, 6.07) is 3.86. The molecular formula is C19H20N4O2. The number of nitrogens with zero attached hydrogens (tertiary/aromatic N) is 4. The number of carbonyl (C=O) groups is 1. The van der Waals surface area contributed by atoms with Crippen molar-refractivity contribution >= 4 is 5.91 Å². The highest BCUT2D eigenvalue weighted by Crippen LogP contribution is 2.41. The highest BCUT2D eigenvalue weighted by Gasteiger charge is 2.48. The Hall–Kier alpha value is -2.34. The molecule has 0 aromatic carbocycles. The highest BCUT2D eigenvalue weighted by molar-refractivity contribution is 5.81. The van der Waals surface area contributed by atoms with Crippen molar-refractivity contribution < 1.29 is 9.53 Å². The van der Waals surface area contributed by atoms with Gasteiger partial charge in [0.2, 0.25) is 5.91 Å². The van der Waals surface area contributed by atoms with Crippen molar-refractivity contribution in [3.8, 4) is 11.4 Å². The lowest BCUT2D eigenvalue weighted by molar-refractivity contribution is -0.131. The van der Waals surface area contributed by atoms with E-state index in [4.69, 9.17) is 9.72 Å². The number of aromatic nitrogens is 3. The largest absolute Gasteiger partial charge is 0.376 e. The predicted molar refractivity (Wildman–Crippen MR) is 90.5 cm³/mol. The molecule has 5 rings (SSSR count). The zero-order chi connectivity index (χ0) is 16.9. The van der Waals surface area contributed by atoms with Crippen LogP contribution < -0.4 is 0 Å². The van der Waals surface area contributed by atoms with Crippen LogP contribution in [0.25, 0.3) is 11.4 Å². The lowest BCUT2D eigenvalue weighted by atomic mass is 9.80. The van der Waals surface area contributed by atoms with Crippen molar-refractivity contribution in [2.45, 2.75) is 31.3 Å². The van der Waals surface area contributed by atoms with Gasteiger partial charge in [-0.25, -0.2) is 9.97 Å². The Bertz CT molecular complexity index is 821. The molecule has 2 aromatic heterocycles. The molecule has 0 N–H and O–H groups in total. The first-order valence-corrected chi connectivity index (χ1v) is 8.89. The molecule has 6 heteroatoms. The topological polar surface area (TPSA) is 68.2 Å². The summed E-state index contributed by atoms with van der Waals surface area (Å²) in [5.74, 6) is 1.26. The molecule has 1 saturated heterocycles. The fourth-order valence-electron chi connectivity index (χ4n) is 3.99. The van der Waals surface area contributed by atoms with Crippen molar-refractivity contribution in [3.63, 3.8) is 0 Å². The second-order valence-corrected chi connectivity index (χ2v) is 7.37. The van der Waals surface area contributed by atoms with Crippen LogP contribution in [0.4, 0.5) is 0 Å². The van der Waals surface area contributed by atoms with Gasteiger partial charge in [-0.1, -0.05) is 0 Å². The first-order chi connectivity index (χ1) is 12.3. The number of hydrogen-bond acceptors (Lipinski definition) is 5. The van der Waals surface area contributed by atoms with Crippen molar-refractivity contribution in [1.82, 2.24) is 19.9 Å². The van der Waals surface area contributed by atoms with Crippen LogP contribution in [0.15, 0.2) is 30.7 Å². The van der Waals surface area contributed by atoms with Crippen molar-refractivity contribution in [2.75, 3.05) is 19.7 Å². The van der Waals surface area contributed by atoms with Gasteiger partial charge in [-0.15, -0.1) is 0 Å². The average molecular weight is 336 g/mol. The molecular weight excluding hydrogens is 316 g/mol. The third-order valence-electron chi connectivity index (χ3n) is 5.51. The summed E-state index contributed by atoms with van der Waals surface area (Å²) in [7, 11) is 0. The zero-order valence-electron chi connectivity index (χ0n) is 14.0. The van der Waals surface area contributed by atoms with Gasteiger partial charge in [0.25, 0.3) is 0 Å². The molecule has 1 spiro atoms. The Morgan fingerprint density at radius 3 is 3.04 bits per heavy atom. The molecule has 1 atom stereocenters. The molecule has 0 radical (unpaired) electrons. The van der Waals surface area contributed by atoms with Crippen LogP contribution >= 0.6 is 0 Å². The van der Waals surface area contributed by atoms with Crippen LogP contribution in [0.3, 0.4) is 0 Å². The summed E-state index contributed by atoms with van der Waals surface area (Å²) in [5, 5.41) is 0. The van der Waals surface area contributed by atoms with Crippen LogP contribution in [-0.4, -0.2) is 45.5 Å². The number of amides is 1. The molecule has 4 heterocycles. The third-order valence-corrected chi connectivity index (χ3v) is 5.51. The Morgan fingerprint density at radius 1 is 1.32 bits per heavy atom. The maximum Gasteiger partial charge on any atom is 0.225 e. The first-order valence-electron chi connectivity index (χ1n) is 8.89. The van der Waals surface area contributed by atoms with E-state index >= 15 is 0 Å². The number of pyridine rings is 1. The highest BCUT2D eigenvalue weighted by atomic mass is 16.5. The summed E-state index contributed by atoms with van der Waals surface area (Å²) in [4.78, 5) is 28.1. The summed E-state index contributed by atoms with van der Waals surface area (Å²) in [6.07, 6.45) is 8.39. The van der Waals surface area contributed by atoms with Crippen LogP contribution in [-0.2, 0) is 21.6 Å². The number of rotatable bonds is 2. The SMILES string of the molecule is O=C(C1CC1)N1CC[C@]2(COCc3cnc(-c4cccnc4)nc32)C1. The minimum atomic E-state index is -0.196. The fourth-order valence-corrected chi connectivity index (χ4v) is 3.99. The van der Waals surface area contributed by atoms with E-state index < -0.39 is 0 Å². The average Bonchev–Trinajstić information content (AvgIpc) is 3.43. The number of carbonyl (C=O) groups excluding carboxylic acids is 1. The normalized spacial score (nSPS) is 25.2. The second-order valence-electron chi connectivity index (χ2n) is 7.37. The molecule has 3 aliphatic rings. The summed E-state index contributed by atoms with van der Waals surface area (Å²) >= 11 is 0. The zero-order valence-corrected chi connectivity index (χ0v) is 14.0. The van der Waals surface area contributed by atoms with Gasteiger partial charge in [0.05, 0.1) is 24.3 Å². The summed E-state index contributed by atoms with van der Waals surface area (Å²) in [6.45, 7) is 2.67. The van der Waals surface area contributed by atoms with Gasteiger partial charge in [-0.2, -0.15) is 0 Å². The fraction of sp³-hybridized carbons (Fsp3) is 0.474. The van der Waals surface area contributed by atoms with E-state index in [1.807, 2.05) is 23.2 Å². The van der Waals surface area contributed by atoms with Crippen molar-refractivity contribution in [1.29, 1.82) is 0 Å². The smallest absolute Gasteiger partial charge is 0.225 e. The van der Waals surface area contributed by atoms with Crippen LogP contribution in [0.1, 0.15) is 30.5 Å². The predicted octanol–water partition coefficient (Wildman–Crippen LogP) is 1.95. The molecule has 1 amide bonds. The Labute approximate surface area is 146 Å². The lowest BCUT2D eigenvalue weighted by Gasteiger charge is -2.34.